The molecule has 51 heavy (non-hydrogen) atoms. The number of carbonyl (C=O) groups is 2. The average molecular weight is 748 g/mol. The van der Waals surface area contributed by atoms with Crippen LogP contribution in [0, 0.1) is 0 Å². The van der Waals surface area contributed by atoms with E-state index in [0.717, 1.165) is 32.1 Å². The summed E-state index contributed by atoms with van der Waals surface area (Å²) < 4.78 is 33.8. The zero-order valence-electron chi connectivity index (χ0n) is 34.1. The quantitative estimate of drug-likeness (QED) is 0.0264. The second-order valence-electron chi connectivity index (χ2n) is 15.7. The number of likely N-dealkylation sites (N-methyl/N-ethyl adjacent to an activating group) is 1. The molecule has 0 radical (unpaired) electrons. The summed E-state index contributed by atoms with van der Waals surface area (Å²) in [6, 6.07) is 0. The Balaban J connectivity index is 4.23. The molecule has 1 unspecified atom stereocenters. The van der Waals surface area contributed by atoms with E-state index in [1.807, 2.05) is 21.1 Å². The highest BCUT2D eigenvalue weighted by atomic mass is 31.2. The first-order valence-electron chi connectivity index (χ1n) is 21.2. The lowest BCUT2D eigenvalue weighted by Crippen LogP contribution is -2.37. The molecule has 0 saturated heterocycles. The molecule has 0 saturated carbocycles. The Morgan fingerprint density at radius 1 is 0.529 bits per heavy atom. The topological polar surface area (TPSA) is 111 Å². The van der Waals surface area contributed by atoms with Crippen LogP contribution in [0.15, 0.2) is 0 Å². The molecule has 304 valence electrons. The number of rotatable bonds is 39. The molecule has 0 fully saturated rings. The lowest BCUT2D eigenvalue weighted by atomic mass is 10.0. The van der Waals surface area contributed by atoms with E-state index in [0.29, 0.717) is 17.4 Å². The number of nitrogens with zero attached hydrogens (tertiary/aromatic N) is 1. The van der Waals surface area contributed by atoms with Crippen molar-refractivity contribution in [2.24, 2.45) is 0 Å². The maximum atomic E-state index is 12.6. The molecule has 0 rings (SSSR count). The Bertz CT molecular complexity index is 850. The molecule has 2 atom stereocenters. The van der Waals surface area contributed by atoms with Gasteiger partial charge in [0.1, 0.15) is 19.8 Å². The zero-order valence-corrected chi connectivity index (χ0v) is 35.0. The van der Waals surface area contributed by atoms with E-state index in [2.05, 4.69) is 13.8 Å². The summed E-state index contributed by atoms with van der Waals surface area (Å²) in [5.41, 5.74) is 0. The maximum Gasteiger partial charge on any atom is 0.306 e. The predicted molar refractivity (Wildman–Crippen MR) is 208 cm³/mol. The molecule has 0 aliphatic heterocycles. The molecular formula is C41H82NO8P. The van der Waals surface area contributed by atoms with Crippen molar-refractivity contribution in [3.63, 3.8) is 0 Å². The van der Waals surface area contributed by atoms with E-state index in [1.165, 1.54) is 135 Å². The lowest BCUT2D eigenvalue weighted by molar-refractivity contribution is -0.870. The average Bonchev–Trinajstić information content (AvgIpc) is 3.07. The molecule has 0 bridgehead atoms. The molecule has 0 aliphatic carbocycles. The van der Waals surface area contributed by atoms with Crippen molar-refractivity contribution in [3.05, 3.63) is 0 Å². The number of quaternary nitrogens is 1. The third kappa shape index (κ3) is 38.5. The number of hydrogen-bond donors (Lipinski definition) is 0. The molecule has 9 nitrogen and oxygen atoms in total. The smallest absolute Gasteiger partial charge is 0.306 e. The summed E-state index contributed by atoms with van der Waals surface area (Å²) in [4.78, 5) is 37.3. The fraction of sp³-hybridized carbons (Fsp3) is 0.951. The molecule has 0 aromatic carbocycles. The van der Waals surface area contributed by atoms with Crippen LogP contribution in [0.4, 0.5) is 0 Å². The summed E-state index contributed by atoms with van der Waals surface area (Å²) in [6.45, 7) is 4.22. The fourth-order valence-electron chi connectivity index (χ4n) is 6.01. The summed E-state index contributed by atoms with van der Waals surface area (Å²) in [6.07, 6.45) is 32.8. The minimum Gasteiger partial charge on any atom is -0.756 e. The van der Waals surface area contributed by atoms with Crippen LogP contribution in [-0.4, -0.2) is 70.0 Å². The van der Waals surface area contributed by atoms with Crippen LogP contribution >= 0.6 is 7.82 Å². The predicted octanol–water partition coefficient (Wildman–Crippen LogP) is 11.0. The van der Waals surface area contributed by atoms with E-state index < -0.39 is 26.5 Å². The fourth-order valence-corrected chi connectivity index (χ4v) is 6.74. The van der Waals surface area contributed by atoms with Crippen molar-refractivity contribution in [2.45, 2.75) is 206 Å². The Hall–Kier alpha value is -0.990. The second-order valence-corrected chi connectivity index (χ2v) is 17.1. The van der Waals surface area contributed by atoms with E-state index in [1.54, 1.807) is 0 Å². The van der Waals surface area contributed by atoms with Gasteiger partial charge in [0.2, 0.25) is 0 Å². The molecule has 0 N–H and O–H groups in total. The lowest BCUT2D eigenvalue weighted by Gasteiger charge is -2.28. The largest absolute Gasteiger partial charge is 0.756 e. The van der Waals surface area contributed by atoms with Gasteiger partial charge in [-0.05, 0) is 12.8 Å². The number of phosphoric ester groups is 1. The van der Waals surface area contributed by atoms with Crippen molar-refractivity contribution >= 4 is 19.8 Å². The summed E-state index contributed by atoms with van der Waals surface area (Å²) in [5.74, 6) is -0.827. The van der Waals surface area contributed by atoms with Crippen molar-refractivity contribution in [1.29, 1.82) is 0 Å². The first kappa shape index (κ1) is 50.0. The Kier molecular flexibility index (Phi) is 34.1. The standard InChI is InChI=1S/C41H82NO8P/c1-6-8-10-12-14-16-17-18-19-20-21-22-23-24-25-26-28-30-32-34-41(44)50-39(38-49-51(45,46)48-36-35-42(3,4)5)37-47-40(43)33-31-29-27-15-13-11-9-7-2/h39H,6-38H2,1-5H3/t39-/m1/s1. The minimum absolute atomic E-state index is 0.0261. The molecule has 10 heteroatoms. The van der Waals surface area contributed by atoms with Crippen LogP contribution in [0.25, 0.3) is 0 Å². The second kappa shape index (κ2) is 34.8. The molecule has 0 aromatic heterocycles. The normalized spacial score (nSPS) is 13.6. The van der Waals surface area contributed by atoms with Crippen molar-refractivity contribution in [3.8, 4) is 0 Å². The highest BCUT2D eigenvalue weighted by Crippen LogP contribution is 2.38. The van der Waals surface area contributed by atoms with Crippen molar-refractivity contribution < 1.29 is 42.1 Å². The zero-order chi connectivity index (χ0) is 37.9. The summed E-state index contributed by atoms with van der Waals surface area (Å²) in [5, 5.41) is 0. The van der Waals surface area contributed by atoms with E-state index in [-0.39, 0.29) is 32.0 Å². The number of carbonyl (C=O) groups excluding carboxylic acids is 2. The van der Waals surface area contributed by atoms with Gasteiger partial charge in [-0.1, -0.05) is 174 Å². The Morgan fingerprint density at radius 3 is 1.25 bits per heavy atom. The number of esters is 2. The summed E-state index contributed by atoms with van der Waals surface area (Å²) >= 11 is 0. The van der Waals surface area contributed by atoms with Gasteiger partial charge in [-0.3, -0.25) is 14.2 Å². The number of hydrogen-bond acceptors (Lipinski definition) is 8. The van der Waals surface area contributed by atoms with E-state index in [4.69, 9.17) is 18.5 Å². The molecule has 0 aliphatic rings. The van der Waals surface area contributed by atoms with Gasteiger partial charge >= 0.3 is 11.9 Å². The number of ether oxygens (including phenoxy) is 2. The minimum atomic E-state index is -4.61. The van der Waals surface area contributed by atoms with Crippen LogP contribution in [0.1, 0.15) is 200 Å². The van der Waals surface area contributed by atoms with Gasteiger partial charge < -0.3 is 27.9 Å². The van der Waals surface area contributed by atoms with E-state index >= 15 is 0 Å². The Morgan fingerprint density at radius 2 is 0.882 bits per heavy atom. The Labute approximate surface area is 314 Å². The van der Waals surface area contributed by atoms with Crippen LogP contribution in [0.5, 0.6) is 0 Å². The maximum absolute atomic E-state index is 12.6. The first-order chi connectivity index (χ1) is 24.5. The van der Waals surface area contributed by atoms with Gasteiger partial charge in [-0.15, -0.1) is 0 Å². The molecule has 0 spiro atoms. The van der Waals surface area contributed by atoms with Crippen molar-refractivity contribution in [1.82, 2.24) is 0 Å². The third-order valence-electron chi connectivity index (χ3n) is 9.38. The van der Waals surface area contributed by atoms with Gasteiger partial charge in [0, 0.05) is 12.8 Å². The summed E-state index contributed by atoms with van der Waals surface area (Å²) in [7, 11) is 1.18. The molecular weight excluding hydrogens is 665 g/mol. The van der Waals surface area contributed by atoms with Gasteiger partial charge in [0.05, 0.1) is 27.7 Å². The van der Waals surface area contributed by atoms with Crippen LogP contribution in [0.2, 0.25) is 0 Å². The molecule has 0 amide bonds. The number of unbranched alkanes of at least 4 members (excludes halogenated alkanes) is 25. The highest BCUT2D eigenvalue weighted by Gasteiger charge is 2.21. The SMILES string of the molecule is CCCCCCCCCCCCCCCCCCCCCC(=O)O[C@H](COC(=O)CCCCCCCCCC)COP(=O)([O-])OCC[N+](C)(C)C. The number of phosphoric acid groups is 1. The molecule has 0 heterocycles. The van der Waals surface area contributed by atoms with Crippen LogP contribution in [0.3, 0.4) is 0 Å². The van der Waals surface area contributed by atoms with Gasteiger partial charge in [0.25, 0.3) is 7.82 Å². The van der Waals surface area contributed by atoms with Gasteiger partial charge in [0.15, 0.2) is 6.10 Å². The van der Waals surface area contributed by atoms with Gasteiger partial charge in [-0.25, -0.2) is 0 Å². The highest BCUT2D eigenvalue weighted by molar-refractivity contribution is 7.45. The third-order valence-corrected chi connectivity index (χ3v) is 10.3. The van der Waals surface area contributed by atoms with Crippen LogP contribution in [-0.2, 0) is 32.7 Å². The first-order valence-corrected chi connectivity index (χ1v) is 22.7. The van der Waals surface area contributed by atoms with Crippen LogP contribution < -0.4 is 4.89 Å². The molecule has 0 aromatic rings. The van der Waals surface area contributed by atoms with Gasteiger partial charge in [-0.2, -0.15) is 0 Å². The monoisotopic (exact) mass is 748 g/mol. The van der Waals surface area contributed by atoms with E-state index in [9.17, 15) is 19.0 Å². The van der Waals surface area contributed by atoms with Crippen molar-refractivity contribution in [2.75, 3.05) is 47.5 Å².